The van der Waals surface area contributed by atoms with Crippen molar-refractivity contribution in [2.75, 3.05) is 0 Å². The summed E-state index contributed by atoms with van der Waals surface area (Å²) in [4.78, 5) is 9.60. The fraction of sp³-hybridized carbons (Fsp3) is 0.462. The number of hydrogen-bond donors (Lipinski definition) is 1. The predicted octanol–water partition coefficient (Wildman–Crippen LogP) is 0.749. The lowest BCUT2D eigenvalue weighted by atomic mass is 9.48. The van der Waals surface area contributed by atoms with Crippen molar-refractivity contribution < 1.29 is 9.90 Å². The summed E-state index contributed by atoms with van der Waals surface area (Å²) >= 11 is 0. The van der Waals surface area contributed by atoms with E-state index in [1.165, 1.54) is 38.0 Å². The molecule has 96 valence electrons. The number of carboxylic acids is 1. The van der Waals surface area contributed by atoms with Crippen LogP contribution in [0.4, 0.5) is 0 Å². The Morgan fingerprint density at radius 1 is 1.33 bits per heavy atom. The van der Waals surface area contributed by atoms with Crippen LogP contribution < -0.4 is 5.46 Å². The topological polar surface area (TPSA) is 37.3 Å². The quantitative estimate of drug-likeness (QED) is 0.592. The molecule has 0 amide bonds. The number of carbonyl (C=O) groups is 1. The van der Waals surface area contributed by atoms with Crippen molar-refractivity contribution in [2.24, 2.45) is 0 Å². The first-order valence-electron chi connectivity index (χ1n) is 6.87. The summed E-state index contributed by atoms with van der Waals surface area (Å²) in [5.74, 6) is -0.711. The van der Waals surface area contributed by atoms with E-state index in [0.717, 1.165) is 6.42 Å². The van der Waals surface area contributed by atoms with Gasteiger partial charge in [-0.1, -0.05) is 48.4 Å². The van der Waals surface area contributed by atoms with Crippen molar-refractivity contribution in [1.29, 1.82) is 0 Å². The van der Waals surface area contributed by atoms with E-state index in [9.17, 15) is 4.79 Å². The minimum atomic E-state index is -0.711. The number of hydrogen-bond acceptors (Lipinski definition) is 1. The number of aliphatic carboxylic acids is 1. The molecule has 1 aromatic carbocycles. The van der Waals surface area contributed by atoms with Crippen molar-refractivity contribution >= 4 is 33.8 Å². The van der Waals surface area contributed by atoms with Gasteiger partial charge in [0.05, 0.1) is 7.85 Å². The molecule has 0 aliphatic heterocycles. The van der Waals surface area contributed by atoms with E-state index in [0.29, 0.717) is 6.42 Å². The predicted molar refractivity (Wildman–Crippen MR) is 85.8 cm³/mol. The Balaban J connectivity index is 0.000000411. The second kappa shape index (κ2) is 11.0. The SMILES string of the molecule is BCBCBc1ccc(C)cc1.CCCC(=O)O. The maximum atomic E-state index is 9.60. The highest BCUT2D eigenvalue weighted by Gasteiger charge is 1.94. The van der Waals surface area contributed by atoms with Crippen LogP contribution in [0, 0.1) is 6.92 Å². The third kappa shape index (κ3) is 10.1. The summed E-state index contributed by atoms with van der Waals surface area (Å²) in [5, 5.41) is 7.91. The van der Waals surface area contributed by atoms with Crippen molar-refractivity contribution in [2.45, 2.75) is 39.1 Å². The molecular formula is C13H23B3O2. The van der Waals surface area contributed by atoms with Gasteiger partial charge in [0.15, 0.2) is 0 Å². The summed E-state index contributed by atoms with van der Waals surface area (Å²) in [6, 6.07) is 8.87. The number of rotatable bonds is 6. The molecule has 0 saturated carbocycles. The minimum absolute atomic E-state index is 0.292. The smallest absolute Gasteiger partial charge is 0.303 e. The molecule has 0 fully saturated rings. The van der Waals surface area contributed by atoms with Gasteiger partial charge in [0.1, 0.15) is 14.6 Å². The molecule has 0 aromatic heterocycles. The molecule has 0 bridgehead atoms. The zero-order valence-electron chi connectivity index (χ0n) is 11.9. The Bertz CT molecular complexity index is 326. The van der Waals surface area contributed by atoms with E-state index in [-0.39, 0.29) is 0 Å². The van der Waals surface area contributed by atoms with Crippen molar-refractivity contribution in [3.05, 3.63) is 29.8 Å². The summed E-state index contributed by atoms with van der Waals surface area (Å²) in [5.41, 5.74) is 2.84. The first kappa shape index (κ1) is 16.9. The van der Waals surface area contributed by atoms with Gasteiger partial charge in [0.2, 0.25) is 0 Å². The molecule has 0 aliphatic carbocycles. The van der Waals surface area contributed by atoms with Crippen LogP contribution in [0.2, 0.25) is 12.4 Å². The molecule has 0 radical (unpaired) electrons. The largest absolute Gasteiger partial charge is 0.481 e. The standard InChI is InChI=1S/C9H15B3.C4H8O2/c1-8-2-4-9(5-3-8)12-7-11-6-10;1-2-3-4(5)6/h2-5,11-12H,6-7,10H2,1H3;2-3H2,1H3,(H,5,6). The summed E-state index contributed by atoms with van der Waals surface area (Å²) in [7, 11) is 4.84. The molecule has 0 aliphatic rings. The van der Waals surface area contributed by atoms with Gasteiger partial charge in [-0.25, -0.2) is 0 Å². The molecule has 0 atom stereocenters. The molecule has 2 nitrogen and oxygen atoms in total. The average Bonchev–Trinajstić information content (AvgIpc) is 2.33. The molecule has 0 spiro atoms. The van der Waals surface area contributed by atoms with Gasteiger partial charge >= 0.3 is 5.97 Å². The Kier molecular flexibility index (Phi) is 10.3. The lowest BCUT2D eigenvalue weighted by Crippen LogP contribution is -2.15. The molecule has 1 rings (SSSR count). The third-order valence-corrected chi connectivity index (χ3v) is 2.65. The van der Waals surface area contributed by atoms with Gasteiger partial charge in [0, 0.05) is 6.42 Å². The fourth-order valence-electron chi connectivity index (χ4n) is 1.55. The molecule has 0 saturated heterocycles. The maximum absolute atomic E-state index is 9.60. The van der Waals surface area contributed by atoms with Crippen molar-refractivity contribution in [3.8, 4) is 0 Å². The van der Waals surface area contributed by atoms with E-state index < -0.39 is 5.97 Å². The highest BCUT2D eigenvalue weighted by molar-refractivity contribution is 6.67. The van der Waals surface area contributed by atoms with E-state index >= 15 is 0 Å². The second-order valence-corrected chi connectivity index (χ2v) is 4.59. The van der Waals surface area contributed by atoms with Gasteiger partial charge in [-0.15, -0.1) is 6.22 Å². The molecule has 0 heterocycles. The molecule has 18 heavy (non-hydrogen) atoms. The fourth-order valence-corrected chi connectivity index (χ4v) is 1.55. The van der Waals surface area contributed by atoms with Crippen LogP contribution >= 0.6 is 0 Å². The van der Waals surface area contributed by atoms with Gasteiger partial charge in [-0.05, 0) is 13.3 Å². The Morgan fingerprint density at radius 3 is 2.33 bits per heavy atom. The van der Waals surface area contributed by atoms with Gasteiger partial charge < -0.3 is 5.11 Å². The van der Waals surface area contributed by atoms with Crippen LogP contribution in [0.15, 0.2) is 24.3 Å². The molecule has 0 unspecified atom stereocenters. The molecule has 1 N–H and O–H groups in total. The van der Waals surface area contributed by atoms with Gasteiger partial charge in [0.25, 0.3) is 0 Å². The molecular weight excluding hydrogens is 221 g/mol. The van der Waals surface area contributed by atoms with Gasteiger partial charge in [-0.2, -0.15) is 0 Å². The van der Waals surface area contributed by atoms with Crippen molar-refractivity contribution in [3.63, 3.8) is 0 Å². The van der Waals surface area contributed by atoms with Crippen LogP contribution in [-0.2, 0) is 4.79 Å². The van der Waals surface area contributed by atoms with Crippen LogP contribution in [0.3, 0.4) is 0 Å². The zero-order valence-corrected chi connectivity index (χ0v) is 11.9. The van der Waals surface area contributed by atoms with Crippen molar-refractivity contribution in [1.82, 2.24) is 0 Å². The zero-order chi connectivity index (χ0) is 13.8. The van der Waals surface area contributed by atoms with E-state index in [1.54, 1.807) is 0 Å². The number of carboxylic acid groups (broad SMARTS) is 1. The Labute approximate surface area is 113 Å². The first-order valence-corrected chi connectivity index (χ1v) is 6.87. The molecule has 5 heteroatoms. The van der Waals surface area contributed by atoms with E-state index in [1.807, 2.05) is 6.92 Å². The van der Waals surface area contributed by atoms with E-state index in [4.69, 9.17) is 5.11 Å². The highest BCUT2D eigenvalue weighted by Crippen LogP contribution is 1.92. The molecule has 1 aromatic rings. The van der Waals surface area contributed by atoms with Crippen LogP contribution in [0.1, 0.15) is 25.3 Å². The van der Waals surface area contributed by atoms with E-state index in [2.05, 4.69) is 39.0 Å². The summed E-state index contributed by atoms with van der Waals surface area (Å²) in [6.45, 7) is 3.98. The van der Waals surface area contributed by atoms with Crippen LogP contribution in [-0.4, -0.2) is 33.5 Å². The number of benzene rings is 1. The maximum Gasteiger partial charge on any atom is 0.303 e. The monoisotopic (exact) mass is 244 g/mol. The van der Waals surface area contributed by atoms with Gasteiger partial charge in [-0.3, -0.25) is 4.79 Å². The minimum Gasteiger partial charge on any atom is -0.481 e. The normalized spacial score (nSPS) is 9.00. The summed E-state index contributed by atoms with van der Waals surface area (Å²) in [6.07, 6.45) is 3.67. The first-order chi connectivity index (χ1) is 8.60. The Hall–Kier alpha value is -1.12. The van der Waals surface area contributed by atoms with Crippen LogP contribution in [0.5, 0.6) is 0 Å². The lowest BCUT2D eigenvalue weighted by Gasteiger charge is -1.98. The number of aryl methyl sites for hydroxylation is 1. The lowest BCUT2D eigenvalue weighted by molar-refractivity contribution is -0.137. The summed E-state index contributed by atoms with van der Waals surface area (Å²) < 4.78 is 0. The average molecular weight is 244 g/mol. The Morgan fingerprint density at radius 2 is 1.94 bits per heavy atom. The highest BCUT2D eigenvalue weighted by atomic mass is 16.4. The van der Waals surface area contributed by atoms with Crippen LogP contribution in [0.25, 0.3) is 0 Å². The second-order valence-electron chi connectivity index (χ2n) is 4.59. The third-order valence-electron chi connectivity index (χ3n) is 2.65.